The molecule has 3 aromatic rings. The molecule has 1 fully saturated rings. The van der Waals surface area contributed by atoms with Gasteiger partial charge in [0.2, 0.25) is 17.5 Å². The molecule has 0 spiro atoms. The molecule has 12 nitrogen and oxygen atoms in total. The van der Waals surface area contributed by atoms with E-state index in [0.717, 1.165) is 12.1 Å². The largest absolute Gasteiger partial charge is 0.507 e. The summed E-state index contributed by atoms with van der Waals surface area (Å²) in [4.78, 5) is 13.0. The van der Waals surface area contributed by atoms with Crippen LogP contribution >= 0.6 is 0 Å². The van der Waals surface area contributed by atoms with Crippen LogP contribution in [0.4, 0.5) is 0 Å². The number of benzene rings is 2. The Kier molecular flexibility index (Phi) is 6.25. The molecule has 2 heterocycles. The van der Waals surface area contributed by atoms with Crippen molar-refractivity contribution < 1.29 is 54.4 Å². The zero-order valence-corrected chi connectivity index (χ0v) is 17.7. The lowest BCUT2D eigenvalue weighted by molar-refractivity contribution is -0.277. The molecule has 7 N–H and O–H groups in total. The minimum Gasteiger partial charge on any atom is -0.507 e. The number of hydrogen-bond donors (Lipinski definition) is 7. The van der Waals surface area contributed by atoms with E-state index in [1.807, 2.05) is 0 Å². The van der Waals surface area contributed by atoms with Gasteiger partial charge >= 0.3 is 0 Å². The standard InChI is InChI=1S/C22H22O12/c1-31-21-17(28)15-12(26)5-9(32-22-19(30)18(29)16(27)14(7-23)34-22)6-13(15)33-20(21)8-2-3-10(24)11(25)4-8/h2-6,14,16,18-19,22-27,29-30H,7H2,1H3/t14-,16+,18-,19-,22+/m1/s1. The third-order valence-electron chi connectivity index (χ3n) is 5.45. The lowest BCUT2D eigenvalue weighted by Gasteiger charge is -2.39. The van der Waals surface area contributed by atoms with Crippen LogP contribution in [0.5, 0.6) is 28.7 Å². The van der Waals surface area contributed by atoms with E-state index < -0.39 is 60.0 Å². The van der Waals surface area contributed by atoms with E-state index >= 15 is 0 Å². The average Bonchev–Trinajstić information content (AvgIpc) is 2.80. The Bertz CT molecular complexity index is 1270. The molecular weight excluding hydrogens is 456 g/mol. The van der Waals surface area contributed by atoms with Gasteiger partial charge in [-0.2, -0.15) is 0 Å². The number of ether oxygens (including phenoxy) is 3. The van der Waals surface area contributed by atoms with Crippen molar-refractivity contribution in [3.8, 4) is 40.1 Å². The molecule has 0 saturated carbocycles. The number of aliphatic hydroxyl groups is 4. The van der Waals surface area contributed by atoms with E-state index in [1.54, 1.807) is 0 Å². The zero-order chi connectivity index (χ0) is 24.7. The van der Waals surface area contributed by atoms with Crippen molar-refractivity contribution >= 4 is 11.0 Å². The molecule has 1 aliphatic rings. The molecule has 0 amide bonds. The van der Waals surface area contributed by atoms with Gasteiger partial charge in [0.05, 0.1) is 13.7 Å². The van der Waals surface area contributed by atoms with Crippen LogP contribution in [0, 0.1) is 0 Å². The van der Waals surface area contributed by atoms with E-state index in [2.05, 4.69) is 0 Å². The molecule has 5 atom stereocenters. The number of aliphatic hydroxyl groups excluding tert-OH is 4. The maximum absolute atomic E-state index is 13.0. The summed E-state index contributed by atoms with van der Waals surface area (Å²) >= 11 is 0. The third-order valence-corrected chi connectivity index (χ3v) is 5.45. The van der Waals surface area contributed by atoms with Gasteiger partial charge in [-0.1, -0.05) is 0 Å². The van der Waals surface area contributed by atoms with E-state index in [-0.39, 0.29) is 33.8 Å². The predicted octanol–water partition coefficient (Wildman–Crippen LogP) is -0.236. The monoisotopic (exact) mass is 478 g/mol. The Morgan fingerprint density at radius 2 is 1.68 bits per heavy atom. The van der Waals surface area contributed by atoms with Gasteiger partial charge in [-0.15, -0.1) is 0 Å². The van der Waals surface area contributed by atoms with Crippen molar-refractivity contribution in [2.75, 3.05) is 13.7 Å². The Morgan fingerprint density at radius 3 is 2.32 bits per heavy atom. The van der Waals surface area contributed by atoms with Crippen molar-refractivity contribution in [2.24, 2.45) is 0 Å². The average molecular weight is 478 g/mol. The van der Waals surface area contributed by atoms with Crippen molar-refractivity contribution in [1.82, 2.24) is 0 Å². The molecule has 2 aromatic carbocycles. The Morgan fingerprint density at radius 1 is 0.941 bits per heavy atom. The van der Waals surface area contributed by atoms with Crippen molar-refractivity contribution in [3.05, 3.63) is 40.6 Å². The summed E-state index contributed by atoms with van der Waals surface area (Å²) in [6, 6.07) is 5.96. The van der Waals surface area contributed by atoms with Gasteiger partial charge in [-0.05, 0) is 18.2 Å². The van der Waals surface area contributed by atoms with Crippen LogP contribution in [-0.2, 0) is 4.74 Å². The summed E-state index contributed by atoms with van der Waals surface area (Å²) in [7, 11) is 1.22. The molecule has 182 valence electrons. The fourth-order valence-corrected chi connectivity index (χ4v) is 3.66. The molecule has 1 aromatic heterocycles. The zero-order valence-electron chi connectivity index (χ0n) is 17.7. The quantitative estimate of drug-likeness (QED) is 0.238. The van der Waals surface area contributed by atoms with E-state index in [4.69, 9.17) is 18.6 Å². The number of phenolic OH excluding ortho intramolecular Hbond substituents is 3. The summed E-state index contributed by atoms with van der Waals surface area (Å²) in [6.45, 7) is -0.661. The maximum Gasteiger partial charge on any atom is 0.239 e. The van der Waals surface area contributed by atoms with E-state index in [9.17, 15) is 40.5 Å². The minimum atomic E-state index is -1.70. The first-order valence-corrected chi connectivity index (χ1v) is 10.0. The highest BCUT2D eigenvalue weighted by molar-refractivity contribution is 5.88. The van der Waals surface area contributed by atoms with Gasteiger partial charge in [-0.3, -0.25) is 4.79 Å². The molecule has 0 radical (unpaired) electrons. The number of fused-ring (bicyclic) bond motifs is 1. The fourth-order valence-electron chi connectivity index (χ4n) is 3.66. The number of aromatic hydroxyl groups is 3. The Balaban J connectivity index is 1.79. The SMILES string of the molecule is COc1c(-c2ccc(O)c(O)c2)oc2cc(O[C@H]3O[C@H](CO)[C@H](O)[C@@H](O)[C@H]3O)cc(O)c2c1=O. The number of methoxy groups -OCH3 is 1. The van der Waals surface area contributed by atoms with Crippen LogP contribution in [-0.4, -0.2) is 80.2 Å². The second kappa shape index (κ2) is 9.00. The van der Waals surface area contributed by atoms with Gasteiger partial charge in [0.15, 0.2) is 17.3 Å². The van der Waals surface area contributed by atoms with Gasteiger partial charge in [0.1, 0.15) is 46.9 Å². The molecule has 0 unspecified atom stereocenters. The molecule has 1 aliphatic heterocycles. The first kappa shape index (κ1) is 23.6. The van der Waals surface area contributed by atoms with Crippen LogP contribution in [0.15, 0.2) is 39.5 Å². The molecule has 12 heteroatoms. The summed E-state index contributed by atoms with van der Waals surface area (Å²) in [5.74, 6) is -1.93. The highest BCUT2D eigenvalue weighted by atomic mass is 16.7. The van der Waals surface area contributed by atoms with E-state index in [1.165, 1.54) is 25.3 Å². The third kappa shape index (κ3) is 3.97. The second-order valence-corrected chi connectivity index (χ2v) is 7.63. The van der Waals surface area contributed by atoms with Crippen molar-refractivity contribution in [2.45, 2.75) is 30.7 Å². The van der Waals surface area contributed by atoms with Gasteiger partial charge < -0.3 is 54.4 Å². The number of hydrogen-bond acceptors (Lipinski definition) is 12. The number of rotatable bonds is 5. The van der Waals surface area contributed by atoms with Gasteiger partial charge in [-0.25, -0.2) is 0 Å². The fraction of sp³-hybridized carbons (Fsp3) is 0.318. The minimum absolute atomic E-state index is 0.111. The molecule has 4 rings (SSSR count). The second-order valence-electron chi connectivity index (χ2n) is 7.63. The Labute approximate surface area is 191 Å². The molecule has 0 aliphatic carbocycles. The predicted molar refractivity (Wildman–Crippen MR) is 114 cm³/mol. The first-order chi connectivity index (χ1) is 16.2. The molecule has 0 bridgehead atoms. The van der Waals surface area contributed by atoms with Gasteiger partial charge in [0, 0.05) is 17.7 Å². The van der Waals surface area contributed by atoms with Crippen LogP contribution in [0.1, 0.15) is 0 Å². The summed E-state index contributed by atoms with van der Waals surface area (Å²) in [5, 5.41) is 69.0. The highest BCUT2D eigenvalue weighted by Crippen LogP contribution is 2.38. The van der Waals surface area contributed by atoms with Crippen LogP contribution in [0.3, 0.4) is 0 Å². The van der Waals surface area contributed by atoms with Crippen molar-refractivity contribution in [1.29, 1.82) is 0 Å². The summed E-state index contributed by atoms with van der Waals surface area (Å²) in [6.07, 6.45) is -7.71. The normalized spacial score (nSPS) is 24.8. The molecule has 1 saturated heterocycles. The lowest BCUT2D eigenvalue weighted by Crippen LogP contribution is -2.60. The summed E-state index contributed by atoms with van der Waals surface area (Å²) < 4.78 is 21.7. The Hall–Kier alpha value is -3.55. The molecular formula is C22H22O12. The van der Waals surface area contributed by atoms with E-state index in [0.29, 0.717) is 0 Å². The van der Waals surface area contributed by atoms with Crippen LogP contribution in [0.2, 0.25) is 0 Å². The van der Waals surface area contributed by atoms with Crippen LogP contribution in [0.25, 0.3) is 22.3 Å². The number of phenols is 3. The van der Waals surface area contributed by atoms with Crippen molar-refractivity contribution in [3.63, 3.8) is 0 Å². The molecule has 34 heavy (non-hydrogen) atoms. The highest BCUT2D eigenvalue weighted by Gasteiger charge is 2.44. The smallest absolute Gasteiger partial charge is 0.239 e. The lowest BCUT2D eigenvalue weighted by atomic mass is 9.99. The van der Waals surface area contributed by atoms with Gasteiger partial charge in [0.25, 0.3) is 0 Å². The topological polar surface area (TPSA) is 200 Å². The van der Waals surface area contributed by atoms with Crippen LogP contribution < -0.4 is 14.9 Å². The summed E-state index contributed by atoms with van der Waals surface area (Å²) in [5.41, 5.74) is -0.706. The first-order valence-electron chi connectivity index (χ1n) is 10.0. The maximum atomic E-state index is 13.0.